The third kappa shape index (κ3) is 1.22. The number of imidazole rings is 1. The topological polar surface area (TPSA) is 80.6 Å². The van der Waals surface area contributed by atoms with Crippen LogP contribution in [0.25, 0.3) is 16.4 Å². The predicted molar refractivity (Wildman–Crippen MR) is 55.5 cm³/mol. The fourth-order valence-corrected chi connectivity index (χ4v) is 2.10. The lowest BCUT2D eigenvalue weighted by molar-refractivity contribution is 0.0686. The van der Waals surface area contributed by atoms with Crippen molar-refractivity contribution in [1.82, 2.24) is 14.5 Å². The molecule has 0 amide bonds. The molecule has 0 aliphatic rings. The van der Waals surface area contributed by atoms with Gasteiger partial charge in [-0.15, -0.1) is 11.3 Å². The molecule has 3 rings (SSSR count). The van der Waals surface area contributed by atoms with Crippen LogP contribution in [0.2, 0.25) is 0 Å². The van der Waals surface area contributed by atoms with E-state index in [9.17, 15) is 4.79 Å². The Hall–Kier alpha value is -2.15. The Morgan fingerprint density at radius 1 is 1.56 bits per heavy atom. The minimum absolute atomic E-state index is 0.111. The van der Waals surface area contributed by atoms with Crippen LogP contribution < -0.4 is 0 Å². The van der Waals surface area contributed by atoms with E-state index in [-0.39, 0.29) is 5.69 Å². The van der Waals surface area contributed by atoms with E-state index in [2.05, 4.69) is 10.1 Å². The van der Waals surface area contributed by atoms with Gasteiger partial charge >= 0.3 is 5.97 Å². The molecule has 1 N–H and O–H groups in total. The van der Waals surface area contributed by atoms with Crippen molar-refractivity contribution in [2.75, 3.05) is 0 Å². The minimum Gasteiger partial charge on any atom is -0.476 e. The van der Waals surface area contributed by atoms with Crippen LogP contribution in [-0.4, -0.2) is 25.6 Å². The Balaban J connectivity index is 2.15. The maximum Gasteiger partial charge on any atom is 0.358 e. The highest BCUT2D eigenvalue weighted by Gasteiger charge is 2.15. The van der Waals surface area contributed by atoms with Gasteiger partial charge < -0.3 is 9.63 Å². The van der Waals surface area contributed by atoms with Gasteiger partial charge in [0.1, 0.15) is 5.69 Å². The van der Waals surface area contributed by atoms with Gasteiger partial charge in [-0.05, 0) is 0 Å². The highest BCUT2D eigenvalue weighted by molar-refractivity contribution is 7.15. The first-order valence-corrected chi connectivity index (χ1v) is 5.24. The number of carbonyl (C=O) groups is 1. The summed E-state index contributed by atoms with van der Waals surface area (Å²) in [5.41, 5.74) is 0.580. The van der Waals surface area contributed by atoms with Crippen LogP contribution in [-0.2, 0) is 0 Å². The first kappa shape index (κ1) is 9.10. The quantitative estimate of drug-likeness (QED) is 0.731. The molecule has 80 valence electrons. The summed E-state index contributed by atoms with van der Waals surface area (Å²) in [5, 5.41) is 14.1. The first-order valence-electron chi connectivity index (χ1n) is 4.36. The summed E-state index contributed by atoms with van der Waals surface area (Å²) in [6.45, 7) is 0. The molecule has 6 nitrogen and oxygen atoms in total. The second-order valence-corrected chi connectivity index (χ2v) is 3.95. The Kier molecular flexibility index (Phi) is 1.80. The van der Waals surface area contributed by atoms with E-state index < -0.39 is 5.97 Å². The highest BCUT2D eigenvalue weighted by atomic mass is 32.1. The molecular formula is C9H5N3O3S. The number of rotatable bonds is 2. The Morgan fingerprint density at radius 2 is 2.44 bits per heavy atom. The highest BCUT2D eigenvalue weighted by Crippen LogP contribution is 2.23. The van der Waals surface area contributed by atoms with Crippen molar-refractivity contribution in [2.24, 2.45) is 0 Å². The Labute approximate surface area is 92.8 Å². The molecule has 7 heteroatoms. The molecule has 3 heterocycles. The van der Waals surface area contributed by atoms with E-state index in [4.69, 9.17) is 9.63 Å². The monoisotopic (exact) mass is 235 g/mol. The molecule has 0 radical (unpaired) electrons. The van der Waals surface area contributed by atoms with Crippen LogP contribution >= 0.6 is 11.3 Å². The molecule has 0 aliphatic carbocycles. The van der Waals surface area contributed by atoms with Crippen molar-refractivity contribution in [2.45, 2.75) is 0 Å². The molecule has 3 aromatic rings. The van der Waals surface area contributed by atoms with Gasteiger partial charge in [0.15, 0.2) is 16.4 Å². The Bertz CT molecular complexity index is 666. The maximum atomic E-state index is 10.7. The number of aromatic nitrogens is 3. The van der Waals surface area contributed by atoms with Crippen LogP contribution in [0.4, 0.5) is 0 Å². The Morgan fingerprint density at radius 3 is 3.19 bits per heavy atom. The van der Waals surface area contributed by atoms with Crippen molar-refractivity contribution in [3.8, 4) is 11.5 Å². The molecular weight excluding hydrogens is 230 g/mol. The minimum atomic E-state index is -1.11. The molecule has 0 aliphatic heterocycles. The van der Waals surface area contributed by atoms with Crippen LogP contribution in [0.5, 0.6) is 0 Å². The second-order valence-electron chi connectivity index (χ2n) is 3.08. The van der Waals surface area contributed by atoms with E-state index in [0.717, 1.165) is 4.96 Å². The van der Waals surface area contributed by atoms with Crippen molar-refractivity contribution < 1.29 is 14.4 Å². The third-order valence-corrected chi connectivity index (χ3v) is 2.90. The normalized spacial score (nSPS) is 11.0. The lowest BCUT2D eigenvalue weighted by Crippen LogP contribution is -1.94. The molecule has 0 atom stereocenters. The molecule has 0 saturated heterocycles. The van der Waals surface area contributed by atoms with Crippen LogP contribution in [0.15, 0.2) is 28.4 Å². The van der Waals surface area contributed by atoms with Crippen molar-refractivity contribution in [1.29, 1.82) is 0 Å². The molecule has 0 unspecified atom stereocenters. The van der Waals surface area contributed by atoms with Crippen LogP contribution in [0.3, 0.4) is 0 Å². The van der Waals surface area contributed by atoms with E-state index in [1.54, 1.807) is 6.20 Å². The fourth-order valence-electron chi connectivity index (χ4n) is 1.41. The third-order valence-electron chi connectivity index (χ3n) is 2.13. The SMILES string of the molecule is O=C(O)c1cc(-c2cnc3sccn23)on1. The average Bonchev–Trinajstić information content (AvgIpc) is 2.92. The van der Waals surface area contributed by atoms with Crippen molar-refractivity contribution >= 4 is 22.3 Å². The lowest BCUT2D eigenvalue weighted by Gasteiger charge is -1.89. The summed E-state index contributed by atoms with van der Waals surface area (Å²) >= 11 is 1.49. The zero-order valence-corrected chi connectivity index (χ0v) is 8.64. The van der Waals surface area contributed by atoms with Gasteiger partial charge in [-0.2, -0.15) is 0 Å². The lowest BCUT2D eigenvalue weighted by atomic mass is 10.3. The van der Waals surface area contributed by atoms with E-state index in [0.29, 0.717) is 11.5 Å². The number of thiazole rings is 1. The molecule has 16 heavy (non-hydrogen) atoms. The summed E-state index contributed by atoms with van der Waals surface area (Å²) in [6.07, 6.45) is 3.46. The fraction of sp³-hybridized carbons (Fsp3) is 0. The van der Waals surface area contributed by atoms with Gasteiger partial charge in [0.2, 0.25) is 0 Å². The number of aromatic carboxylic acids is 1. The van der Waals surface area contributed by atoms with Gasteiger partial charge in [0.05, 0.1) is 6.20 Å². The molecule has 3 aromatic heterocycles. The van der Waals surface area contributed by atoms with Crippen molar-refractivity contribution in [3.63, 3.8) is 0 Å². The molecule has 0 bridgehead atoms. The van der Waals surface area contributed by atoms with E-state index in [1.807, 2.05) is 16.0 Å². The average molecular weight is 235 g/mol. The summed E-state index contributed by atoms with van der Waals surface area (Å²) in [4.78, 5) is 15.6. The van der Waals surface area contributed by atoms with Crippen molar-refractivity contribution in [3.05, 3.63) is 29.5 Å². The number of fused-ring (bicyclic) bond motifs is 1. The summed E-state index contributed by atoms with van der Waals surface area (Å²) < 4.78 is 6.78. The molecule has 0 fully saturated rings. The molecule has 0 spiro atoms. The smallest absolute Gasteiger partial charge is 0.358 e. The van der Waals surface area contributed by atoms with Gasteiger partial charge in [-0.1, -0.05) is 5.16 Å². The zero-order chi connectivity index (χ0) is 11.1. The van der Waals surface area contributed by atoms with Gasteiger partial charge in [-0.3, -0.25) is 4.40 Å². The number of hydrogen-bond acceptors (Lipinski definition) is 5. The van der Waals surface area contributed by atoms with Gasteiger partial charge in [0.25, 0.3) is 0 Å². The van der Waals surface area contributed by atoms with Gasteiger partial charge in [-0.25, -0.2) is 9.78 Å². The number of hydrogen-bond donors (Lipinski definition) is 1. The summed E-state index contributed by atoms with van der Waals surface area (Å²) in [6, 6.07) is 1.38. The second kappa shape index (κ2) is 3.17. The maximum absolute atomic E-state index is 10.7. The zero-order valence-electron chi connectivity index (χ0n) is 7.82. The van der Waals surface area contributed by atoms with Crippen LogP contribution in [0, 0.1) is 0 Å². The van der Waals surface area contributed by atoms with Crippen LogP contribution in [0.1, 0.15) is 10.5 Å². The first-order chi connectivity index (χ1) is 7.75. The number of nitrogens with zero attached hydrogens (tertiary/aromatic N) is 3. The predicted octanol–water partition coefficient (Wildman–Crippen LogP) is 1.75. The summed E-state index contributed by atoms with van der Waals surface area (Å²) in [5.74, 6) is -0.718. The number of carboxylic acids is 1. The molecule has 0 saturated carbocycles. The van der Waals surface area contributed by atoms with E-state index >= 15 is 0 Å². The number of carboxylic acid groups (broad SMARTS) is 1. The molecule has 0 aromatic carbocycles. The van der Waals surface area contributed by atoms with Gasteiger partial charge in [0, 0.05) is 17.6 Å². The van der Waals surface area contributed by atoms with E-state index in [1.165, 1.54) is 17.4 Å². The standard InChI is InChI=1S/C9H5N3O3S/c13-8(14)5-3-7(15-11-5)6-4-10-9-12(6)1-2-16-9/h1-4H,(H,13,14). The largest absolute Gasteiger partial charge is 0.476 e. The summed E-state index contributed by atoms with van der Waals surface area (Å²) in [7, 11) is 0.